The van der Waals surface area contributed by atoms with E-state index in [1.54, 1.807) is 0 Å². The van der Waals surface area contributed by atoms with E-state index >= 15 is 0 Å². The van der Waals surface area contributed by atoms with E-state index in [0.717, 1.165) is 6.42 Å². The lowest BCUT2D eigenvalue weighted by molar-refractivity contribution is -0.00525. The summed E-state index contributed by atoms with van der Waals surface area (Å²) in [6.45, 7) is 3.76. The van der Waals surface area contributed by atoms with Gasteiger partial charge in [-0.15, -0.1) is 0 Å². The molecule has 1 rings (SSSR count). The molecule has 0 radical (unpaired) electrons. The molecule has 1 fully saturated rings. The topological polar surface area (TPSA) is 55.5 Å². The minimum absolute atomic E-state index is 0.283. The van der Waals surface area contributed by atoms with Gasteiger partial charge in [0, 0.05) is 5.92 Å². The first-order valence-corrected chi connectivity index (χ1v) is 4.23. The first kappa shape index (κ1) is 8.97. The molecule has 1 aliphatic heterocycles. The fourth-order valence-corrected chi connectivity index (χ4v) is 1.67. The molecule has 2 unspecified atom stereocenters. The first-order chi connectivity index (χ1) is 5.23. The average Bonchev–Trinajstić information content (AvgIpc) is 2.31. The van der Waals surface area contributed by atoms with Gasteiger partial charge in [-0.1, -0.05) is 6.92 Å². The van der Waals surface area contributed by atoms with E-state index in [9.17, 15) is 5.11 Å². The molecular formula is C8H17NO2. The second-order valence-corrected chi connectivity index (χ2v) is 3.26. The number of hydrogen-bond donors (Lipinski definition) is 2. The van der Waals surface area contributed by atoms with Crippen molar-refractivity contribution < 1.29 is 9.84 Å². The molecule has 3 heteroatoms. The second kappa shape index (κ2) is 3.52. The van der Waals surface area contributed by atoms with Crippen LogP contribution in [0, 0.1) is 5.92 Å². The zero-order chi connectivity index (χ0) is 8.32. The third-order valence-corrected chi connectivity index (χ3v) is 2.50. The van der Waals surface area contributed by atoms with Gasteiger partial charge in [-0.25, -0.2) is 0 Å². The molecule has 0 aromatic carbocycles. The Bertz CT molecular complexity index is 129. The maximum absolute atomic E-state index is 9.95. The summed E-state index contributed by atoms with van der Waals surface area (Å²) in [6.07, 6.45) is 1.63. The summed E-state index contributed by atoms with van der Waals surface area (Å²) < 4.78 is 5.21. The van der Waals surface area contributed by atoms with Crippen LogP contribution in [-0.2, 0) is 4.74 Å². The molecule has 0 aliphatic carbocycles. The van der Waals surface area contributed by atoms with Crippen LogP contribution < -0.4 is 5.73 Å². The van der Waals surface area contributed by atoms with Gasteiger partial charge in [0.2, 0.25) is 0 Å². The summed E-state index contributed by atoms with van der Waals surface area (Å²) in [5.74, 6) is 0.283. The first-order valence-electron chi connectivity index (χ1n) is 4.23. The highest BCUT2D eigenvalue weighted by atomic mass is 16.5. The zero-order valence-electron chi connectivity index (χ0n) is 7.05. The number of hydrogen-bond acceptors (Lipinski definition) is 3. The van der Waals surface area contributed by atoms with E-state index in [0.29, 0.717) is 26.2 Å². The Morgan fingerprint density at radius 1 is 1.73 bits per heavy atom. The Balaban J connectivity index is 2.51. The van der Waals surface area contributed by atoms with Crippen LogP contribution in [0.1, 0.15) is 19.8 Å². The molecular weight excluding hydrogens is 142 g/mol. The van der Waals surface area contributed by atoms with E-state index in [-0.39, 0.29) is 5.92 Å². The zero-order valence-corrected chi connectivity index (χ0v) is 7.05. The van der Waals surface area contributed by atoms with Crippen LogP contribution in [0.15, 0.2) is 0 Å². The SMILES string of the molecule is CCC1COCC1(O)CCN. The molecule has 0 amide bonds. The van der Waals surface area contributed by atoms with E-state index < -0.39 is 5.60 Å². The maximum Gasteiger partial charge on any atom is 0.0941 e. The van der Waals surface area contributed by atoms with Gasteiger partial charge in [0.05, 0.1) is 18.8 Å². The molecule has 3 N–H and O–H groups in total. The molecule has 11 heavy (non-hydrogen) atoms. The number of rotatable bonds is 3. The van der Waals surface area contributed by atoms with Crippen LogP contribution in [0.2, 0.25) is 0 Å². The highest BCUT2D eigenvalue weighted by Crippen LogP contribution is 2.30. The molecule has 66 valence electrons. The lowest BCUT2D eigenvalue weighted by atomic mass is 9.86. The highest BCUT2D eigenvalue weighted by Gasteiger charge is 2.40. The summed E-state index contributed by atoms with van der Waals surface area (Å²) in [7, 11) is 0. The van der Waals surface area contributed by atoms with Crippen LogP contribution in [0.5, 0.6) is 0 Å². The number of nitrogens with two attached hydrogens (primary N) is 1. The van der Waals surface area contributed by atoms with E-state index in [2.05, 4.69) is 6.92 Å². The molecule has 0 aromatic heterocycles. The van der Waals surface area contributed by atoms with E-state index in [4.69, 9.17) is 10.5 Å². The van der Waals surface area contributed by atoms with Gasteiger partial charge >= 0.3 is 0 Å². The molecule has 0 spiro atoms. The lowest BCUT2D eigenvalue weighted by Crippen LogP contribution is -2.38. The molecule has 0 aromatic rings. The summed E-state index contributed by atoms with van der Waals surface area (Å²) >= 11 is 0. The van der Waals surface area contributed by atoms with Gasteiger partial charge in [-0.05, 0) is 19.4 Å². The Morgan fingerprint density at radius 3 is 3.00 bits per heavy atom. The van der Waals surface area contributed by atoms with Crippen molar-refractivity contribution in [3.63, 3.8) is 0 Å². The molecule has 2 atom stereocenters. The van der Waals surface area contributed by atoms with Gasteiger partial charge in [-0.2, -0.15) is 0 Å². The van der Waals surface area contributed by atoms with Crippen LogP contribution >= 0.6 is 0 Å². The molecule has 1 aliphatic rings. The second-order valence-electron chi connectivity index (χ2n) is 3.26. The third kappa shape index (κ3) is 1.72. The largest absolute Gasteiger partial charge is 0.387 e. The van der Waals surface area contributed by atoms with Crippen LogP contribution in [0.4, 0.5) is 0 Å². The van der Waals surface area contributed by atoms with Crippen molar-refractivity contribution >= 4 is 0 Å². The highest BCUT2D eigenvalue weighted by molar-refractivity contribution is 4.90. The quantitative estimate of drug-likeness (QED) is 0.615. The van der Waals surface area contributed by atoms with Crippen molar-refractivity contribution in [1.29, 1.82) is 0 Å². The van der Waals surface area contributed by atoms with Crippen molar-refractivity contribution in [1.82, 2.24) is 0 Å². The molecule has 0 saturated carbocycles. The molecule has 1 heterocycles. The van der Waals surface area contributed by atoms with Crippen molar-refractivity contribution in [2.45, 2.75) is 25.4 Å². The third-order valence-electron chi connectivity index (χ3n) is 2.50. The summed E-state index contributed by atoms with van der Waals surface area (Å²) in [6, 6.07) is 0. The van der Waals surface area contributed by atoms with Gasteiger partial charge in [0.1, 0.15) is 0 Å². The van der Waals surface area contributed by atoms with Crippen molar-refractivity contribution in [2.75, 3.05) is 19.8 Å². The summed E-state index contributed by atoms with van der Waals surface area (Å²) in [4.78, 5) is 0. The van der Waals surface area contributed by atoms with Crippen LogP contribution in [0.25, 0.3) is 0 Å². The Hall–Kier alpha value is -0.120. The van der Waals surface area contributed by atoms with Gasteiger partial charge in [0.25, 0.3) is 0 Å². The standard InChI is InChI=1S/C8H17NO2/c1-2-7-5-11-6-8(7,10)3-4-9/h7,10H,2-6,9H2,1H3. The molecule has 3 nitrogen and oxygen atoms in total. The van der Waals surface area contributed by atoms with Gasteiger partial charge in [-0.3, -0.25) is 0 Å². The number of ether oxygens (including phenoxy) is 1. The molecule has 0 bridgehead atoms. The van der Waals surface area contributed by atoms with Crippen molar-refractivity contribution in [2.24, 2.45) is 11.7 Å². The monoisotopic (exact) mass is 159 g/mol. The van der Waals surface area contributed by atoms with Crippen LogP contribution in [-0.4, -0.2) is 30.5 Å². The fraction of sp³-hybridized carbons (Fsp3) is 1.00. The van der Waals surface area contributed by atoms with Gasteiger partial charge < -0.3 is 15.6 Å². The van der Waals surface area contributed by atoms with E-state index in [1.165, 1.54) is 0 Å². The lowest BCUT2D eigenvalue weighted by Gasteiger charge is -2.26. The number of aliphatic hydroxyl groups is 1. The predicted octanol–water partition coefficient (Wildman–Crippen LogP) is 0.123. The Kier molecular flexibility index (Phi) is 2.87. The normalized spacial score (nSPS) is 37.9. The minimum Gasteiger partial charge on any atom is -0.387 e. The summed E-state index contributed by atoms with van der Waals surface area (Å²) in [5.41, 5.74) is 4.76. The predicted molar refractivity (Wildman–Crippen MR) is 43.2 cm³/mol. The van der Waals surface area contributed by atoms with Gasteiger partial charge in [0.15, 0.2) is 0 Å². The Morgan fingerprint density at radius 2 is 2.45 bits per heavy atom. The molecule has 1 saturated heterocycles. The Labute approximate surface area is 67.5 Å². The van der Waals surface area contributed by atoms with Crippen molar-refractivity contribution in [3.05, 3.63) is 0 Å². The maximum atomic E-state index is 9.95. The van der Waals surface area contributed by atoms with Crippen molar-refractivity contribution in [3.8, 4) is 0 Å². The van der Waals surface area contributed by atoms with E-state index in [1.807, 2.05) is 0 Å². The summed E-state index contributed by atoms with van der Waals surface area (Å²) in [5, 5.41) is 9.95. The van der Waals surface area contributed by atoms with Crippen LogP contribution in [0.3, 0.4) is 0 Å². The minimum atomic E-state index is -0.635. The average molecular weight is 159 g/mol. The smallest absolute Gasteiger partial charge is 0.0941 e. The fourth-order valence-electron chi connectivity index (χ4n) is 1.67.